The van der Waals surface area contributed by atoms with Crippen molar-refractivity contribution in [1.82, 2.24) is 14.5 Å². The number of para-hydroxylation sites is 1. The number of hydrogen-bond acceptors (Lipinski definition) is 1. The van der Waals surface area contributed by atoms with E-state index in [0.717, 1.165) is 30.6 Å². The van der Waals surface area contributed by atoms with Gasteiger partial charge in [0.05, 0.1) is 6.54 Å². The molecule has 2 aromatic carbocycles. The van der Waals surface area contributed by atoms with E-state index < -0.39 is 0 Å². The molecule has 0 bridgehead atoms. The van der Waals surface area contributed by atoms with Crippen molar-refractivity contribution in [3.05, 3.63) is 94.9 Å². The largest absolute Gasteiger partial charge is 0.357 e. The summed E-state index contributed by atoms with van der Waals surface area (Å²) in [5.41, 5.74) is 4.83. The van der Waals surface area contributed by atoms with Gasteiger partial charge in [-0.25, -0.2) is 0 Å². The second kappa shape index (κ2) is 8.04. The zero-order valence-corrected chi connectivity index (χ0v) is 17.5. The lowest BCUT2D eigenvalue weighted by atomic mass is 9.94. The number of amides is 1. The average Bonchev–Trinajstić information content (AvgIpc) is 3.40. The zero-order valence-electron chi connectivity index (χ0n) is 16.7. The number of benzene rings is 2. The molecule has 4 nitrogen and oxygen atoms in total. The summed E-state index contributed by atoms with van der Waals surface area (Å²) in [6.45, 7) is 2.19. The number of halogens is 1. The third-order valence-corrected chi connectivity index (χ3v) is 6.35. The molecule has 1 unspecified atom stereocenters. The summed E-state index contributed by atoms with van der Waals surface area (Å²) in [7, 11) is 0. The predicted octanol–water partition coefficient (Wildman–Crippen LogP) is 5.38. The van der Waals surface area contributed by atoms with Gasteiger partial charge in [-0.05, 0) is 47.9 Å². The van der Waals surface area contributed by atoms with Crippen LogP contribution in [0, 0.1) is 0 Å². The zero-order chi connectivity index (χ0) is 20.5. The number of nitrogens with one attached hydrogen (secondary N) is 1. The lowest BCUT2D eigenvalue weighted by Crippen LogP contribution is -2.36. The molecule has 0 spiro atoms. The van der Waals surface area contributed by atoms with Gasteiger partial charge in [0.2, 0.25) is 5.91 Å². The first kappa shape index (κ1) is 19.0. The van der Waals surface area contributed by atoms with Gasteiger partial charge >= 0.3 is 0 Å². The molecular formula is C25H24ClN3O. The molecule has 1 aliphatic rings. The highest BCUT2D eigenvalue weighted by Crippen LogP contribution is 2.30. The number of aromatic amines is 1. The number of rotatable bonds is 5. The summed E-state index contributed by atoms with van der Waals surface area (Å²) in [6, 6.07) is 20.3. The molecule has 0 radical (unpaired) electrons. The van der Waals surface area contributed by atoms with Crippen LogP contribution in [0.2, 0.25) is 5.02 Å². The van der Waals surface area contributed by atoms with E-state index >= 15 is 0 Å². The minimum atomic E-state index is 0.103. The lowest BCUT2D eigenvalue weighted by molar-refractivity contribution is -0.132. The van der Waals surface area contributed by atoms with E-state index in [2.05, 4.69) is 27.8 Å². The number of H-pyrrole nitrogens is 1. The van der Waals surface area contributed by atoms with Crippen LogP contribution in [0.3, 0.4) is 0 Å². The van der Waals surface area contributed by atoms with Crippen LogP contribution < -0.4 is 0 Å². The minimum absolute atomic E-state index is 0.103. The van der Waals surface area contributed by atoms with Crippen LogP contribution in [0.1, 0.15) is 29.2 Å². The van der Waals surface area contributed by atoms with Gasteiger partial charge in [0.25, 0.3) is 0 Å². The van der Waals surface area contributed by atoms with Crippen LogP contribution in [0.5, 0.6) is 0 Å². The maximum atomic E-state index is 13.3. The molecule has 0 fully saturated rings. The normalized spacial score (nSPS) is 14.6. The Bertz CT molecular complexity index is 1160. The molecule has 0 aliphatic carbocycles. The first-order chi connectivity index (χ1) is 14.7. The van der Waals surface area contributed by atoms with Crippen molar-refractivity contribution in [2.24, 2.45) is 0 Å². The molecule has 1 atom stereocenters. The Kier molecular flexibility index (Phi) is 5.09. The smallest absolute Gasteiger partial charge is 0.223 e. The van der Waals surface area contributed by atoms with Gasteiger partial charge in [-0.1, -0.05) is 41.9 Å². The molecule has 2 aromatic heterocycles. The highest BCUT2D eigenvalue weighted by Gasteiger charge is 2.26. The number of fused-ring (bicyclic) bond motifs is 3. The number of aromatic nitrogens is 2. The predicted molar refractivity (Wildman–Crippen MR) is 121 cm³/mol. The summed E-state index contributed by atoms with van der Waals surface area (Å²) in [5, 5.41) is 2.00. The Labute approximate surface area is 181 Å². The Morgan fingerprint density at radius 2 is 1.80 bits per heavy atom. The van der Waals surface area contributed by atoms with Gasteiger partial charge in [0.1, 0.15) is 0 Å². The minimum Gasteiger partial charge on any atom is -0.357 e. The van der Waals surface area contributed by atoms with E-state index in [4.69, 9.17) is 11.6 Å². The maximum absolute atomic E-state index is 13.3. The third-order valence-electron chi connectivity index (χ3n) is 6.10. The van der Waals surface area contributed by atoms with E-state index in [0.29, 0.717) is 18.0 Å². The quantitative estimate of drug-likeness (QED) is 0.465. The van der Waals surface area contributed by atoms with Gasteiger partial charge in [0.15, 0.2) is 0 Å². The van der Waals surface area contributed by atoms with Crippen molar-refractivity contribution < 1.29 is 4.79 Å². The molecular weight excluding hydrogens is 394 g/mol. The van der Waals surface area contributed by atoms with Crippen LogP contribution >= 0.6 is 11.6 Å². The number of carbonyl (C=O) groups is 1. The van der Waals surface area contributed by atoms with Crippen LogP contribution in [-0.4, -0.2) is 26.9 Å². The molecule has 4 aromatic rings. The molecule has 0 saturated carbocycles. The highest BCUT2D eigenvalue weighted by atomic mass is 35.5. The summed E-state index contributed by atoms with van der Waals surface area (Å²) in [6.07, 6.45) is 5.47. The number of carbonyl (C=O) groups excluding carboxylic acids is 1. The van der Waals surface area contributed by atoms with E-state index in [-0.39, 0.29) is 11.8 Å². The monoisotopic (exact) mass is 417 g/mol. The van der Waals surface area contributed by atoms with E-state index in [1.165, 1.54) is 16.6 Å². The van der Waals surface area contributed by atoms with Crippen molar-refractivity contribution in [2.75, 3.05) is 6.54 Å². The van der Waals surface area contributed by atoms with Gasteiger partial charge in [-0.15, -0.1) is 0 Å². The molecule has 5 heteroatoms. The highest BCUT2D eigenvalue weighted by molar-refractivity contribution is 6.30. The number of hydrogen-bond donors (Lipinski definition) is 1. The lowest BCUT2D eigenvalue weighted by Gasteiger charge is -2.29. The van der Waals surface area contributed by atoms with Gasteiger partial charge in [-0.2, -0.15) is 0 Å². The van der Waals surface area contributed by atoms with Crippen LogP contribution in [0.15, 0.2) is 73.1 Å². The maximum Gasteiger partial charge on any atom is 0.223 e. The van der Waals surface area contributed by atoms with Crippen molar-refractivity contribution in [3.8, 4) is 0 Å². The molecule has 30 heavy (non-hydrogen) atoms. The molecule has 1 N–H and O–H groups in total. The molecule has 0 saturated heterocycles. The molecule has 1 amide bonds. The summed E-state index contributed by atoms with van der Waals surface area (Å²) < 4.78 is 2.14. The van der Waals surface area contributed by atoms with Crippen LogP contribution in [0.25, 0.3) is 10.9 Å². The van der Waals surface area contributed by atoms with Crippen LogP contribution in [0.4, 0.5) is 0 Å². The fourth-order valence-corrected chi connectivity index (χ4v) is 4.64. The van der Waals surface area contributed by atoms with Crippen molar-refractivity contribution >= 4 is 28.4 Å². The molecule has 5 rings (SSSR count). The third kappa shape index (κ3) is 3.75. The van der Waals surface area contributed by atoms with E-state index in [1.54, 1.807) is 0 Å². The summed E-state index contributed by atoms with van der Waals surface area (Å²) in [4.78, 5) is 18.8. The second-order valence-electron chi connectivity index (χ2n) is 8.03. The van der Waals surface area contributed by atoms with Gasteiger partial charge < -0.3 is 14.5 Å². The molecule has 1 aliphatic heterocycles. The summed E-state index contributed by atoms with van der Waals surface area (Å²) >= 11 is 6.08. The first-order valence-electron chi connectivity index (χ1n) is 10.4. The Morgan fingerprint density at radius 3 is 2.60 bits per heavy atom. The van der Waals surface area contributed by atoms with Crippen LogP contribution in [-0.2, 0) is 24.3 Å². The van der Waals surface area contributed by atoms with Crippen molar-refractivity contribution in [1.29, 1.82) is 0 Å². The average molecular weight is 418 g/mol. The Morgan fingerprint density at radius 1 is 1.03 bits per heavy atom. The first-order valence-corrected chi connectivity index (χ1v) is 10.8. The van der Waals surface area contributed by atoms with Crippen molar-refractivity contribution in [2.45, 2.75) is 31.8 Å². The summed E-state index contributed by atoms with van der Waals surface area (Å²) in [5.74, 6) is 0.303. The fraction of sp³-hybridized carbons (Fsp3) is 0.240. The van der Waals surface area contributed by atoms with Gasteiger partial charge in [0, 0.05) is 59.4 Å². The number of nitrogens with zero attached hydrogens (tertiary/aromatic N) is 2. The van der Waals surface area contributed by atoms with E-state index in [1.807, 2.05) is 59.8 Å². The van der Waals surface area contributed by atoms with Crippen molar-refractivity contribution in [3.63, 3.8) is 0 Å². The Balaban J connectivity index is 1.35. The molecule has 3 heterocycles. The van der Waals surface area contributed by atoms with Gasteiger partial charge in [-0.3, -0.25) is 4.79 Å². The molecule has 152 valence electrons. The SMILES string of the molecule is O=C(CC(Cn1cccc1)c1ccc(Cl)cc1)N1CCc2c([nH]c3ccccc23)C1. The topological polar surface area (TPSA) is 41.0 Å². The standard InChI is InChI=1S/C25H24ClN3O/c26-20-9-7-18(8-10-20)19(16-28-12-3-4-13-28)15-25(30)29-14-11-22-21-5-1-2-6-23(21)27-24(22)17-29/h1-10,12-13,19,27H,11,14-17H2. The van der Waals surface area contributed by atoms with E-state index in [9.17, 15) is 4.79 Å². The second-order valence-corrected chi connectivity index (χ2v) is 8.46. The fourth-order valence-electron chi connectivity index (χ4n) is 4.51. The Hall–Kier alpha value is -2.98.